The summed E-state index contributed by atoms with van der Waals surface area (Å²) in [5, 5.41) is 10.5. The third kappa shape index (κ3) is 1.96. The van der Waals surface area contributed by atoms with E-state index in [0.29, 0.717) is 18.1 Å². The molecule has 6 nitrogen and oxygen atoms in total. The number of aromatic nitrogens is 4. The zero-order valence-corrected chi connectivity index (χ0v) is 9.17. The summed E-state index contributed by atoms with van der Waals surface area (Å²) < 4.78 is 10.5. The highest BCUT2D eigenvalue weighted by molar-refractivity contribution is 5.56. The van der Waals surface area contributed by atoms with Gasteiger partial charge in [-0.3, -0.25) is 5.10 Å². The van der Waals surface area contributed by atoms with Gasteiger partial charge in [-0.2, -0.15) is 5.10 Å². The quantitative estimate of drug-likeness (QED) is 0.743. The van der Waals surface area contributed by atoms with Crippen molar-refractivity contribution in [1.29, 1.82) is 0 Å². The van der Waals surface area contributed by atoms with Crippen LogP contribution in [-0.2, 0) is 6.42 Å². The van der Waals surface area contributed by atoms with Crippen molar-refractivity contribution in [2.75, 3.05) is 0 Å². The van der Waals surface area contributed by atoms with Crippen LogP contribution in [-0.4, -0.2) is 20.3 Å². The molecule has 0 aliphatic heterocycles. The summed E-state index contributed by atoms with van der Waals surface area (Å²) in [7, 11) is 0. The number of hydrogen-bond donors (Lipinski definition) is 1. The lowest BCUT2D eigenvalue weighted by Gasteiger charge is -1.87. The van der Waals surface area contributed by atoms with Gasteiger partial charge in [0, 0.05) is 17.8 Å². The largest absolute Gasteiger partial charge is 0.448 e. The third-order valence-corrected chi connectivity index (χ3v) is 2.34. The Morgan fingerprint density at radius 2 is 2.35 bits per heavy atom. The van der Waals surface area contributed by atoms with Crippen LogP contribution >= 0.6 is 0 Å². The van der Waals surface area contributed by atoms with Crippen molar-refractivity contribution >= 4 is 0 Å². The number of H-pyrrole nitrogens is 1. The van der Waals surface area contributed by atoms with Crippen LogP contribution in [0.4, 0.5) is 0 Å². The van der Waals surface area contributed by atoms with Crippen molar-refractivity contribution < 1.29 is 8.94 Å². The van der Waals surface area contributed by atoms with Crippen molar-refractivity contribution in [3.63, 3.8) is 0 Å². The molecule has 0 amide bonds. The lowest BCUT2D eigenvalue weighted by atomic mass is 10.2. The van der Waals surface area contributed by atoms with Gasteiger partial charge in [0.2, 0.25) is 5.89 Å². The topological polar surface area (TPSA) is 80.7 Å². The van der Waals surface area contributed by atoms with E-state index in [9.17, 15) is 0 Å². The highest BCUT2D eigenvalue weighted by Gasteiger charge is 2.10. The number of rotatable bonds is 3. The number of nitrogens with zero attached hydrogens (tertiary/aromatic N) is 3. The number of oxazole rings is 1. The molecule has 0 saturated heterocycles. The monoisotopic (exact) mass is 230 g/mol. The SMILES string of the molecule is Cc1coc(Cc2cc(-c3cn[nH]c3)no2)n1. The second-order valence-electron chi connectivity index (χ2n) is 3.72. The van der Waals surface area contributed by atoms with Gasteiger partial charge in [-0.1, -0.05) is 5.16 Å². The van der Waals surface area contributed by atoms with Crippen molar-refractivity contribution in [3.05, 3.63) is 42.1 Å². The Balaban J connectivity index is 1.81. The Hall–Kier alpha value is -2.37. The van der Waals surface area contributed by atoms with Gasteiger partial charge in [0.1, 0.15) is 17.7 Å². The molecule has 1 N–H and O–H groups in total. The average Bonchev–Trinajstić information content (AvgIpc) is 3.00. The lowest BCUT2D eigenvalue weighted by Crippen LogP contribution is -1.85. The minimum atomic E-state index is 0.499. The van der Waals surface area contributed by atoms with Crippen molar-refractivity contribution in [1.82, 2.24) is 20.3 Å². The van der Waals surface area contributed by atoms with E-state index in [0.717, 1.165) is 17.0 Å². The zero-order valence-electron chi connectivity index (χ0n) is 9.17. The number of hydrogen-bond acceptors (Lipinski definition) is 5. The third-order valence-electron chi connectivity index (χ3n) is 2.34. The fraction of sp³-hybridized carbons (Fsp3) is 0.182. The fourth-order valence-corrected chi connectivity index (χ4v) is 1.56. The summed E-state index contributed by atoms with van der Waals surface area (Å²) in [5.41, 5.74) is 2.50. The highest BCUT2D eigenvalue weighted by Crippen LogP contribution is 2.19. The van der Waals surface area contributed by atoms with Crippen molar-refractivity contribution in [2.45, 2.75) is 13.3 Å². The molecule has 17 heavy (non-hydrogen) atoms. The summed E-state index contributed by atoms with van der Waals surface area (Å²) in [4.78, 5) is 4.21. The molecule has 3 heterocycles. The molecular weight excluding hydrogens is 220 g/mol. The summed E-state index contributed by atoms with van der Waals surface area (Å²) in [5.74, 6) is 1.33. The molecule has 0 radical (unpaired) electrons. The minimum absolute atomic E-state index is 0.499. The maximum absolute atomic E-state index is 5.25. The van der Waals surface area contributed by atoms with Gasteiger partial charge in [0.25, 0.3) is 0 Å². The molecule has 0 unspecified atom stereocenters. The van der Waals surface area contributed by atoms with Crippen LogP contribution < -0.4 is 0 Å². The normalized spacial score (nSPS) is 10.9. The first kappa shape index (κ1) is 9.83. The van der Waals surface area contributed by atoms with Gasteiger partial charge in [-0.25, -0.2) is 4.98 Å². The van der Waals surface area contributed by atoms with Crippen LogP contribution in [0, 0.1) is 6.92 Å². The molecule has 0 saturated carbocycles. The molecule has 0 aliphatic carbocycles. The van der Waals surface area contributed by atoms with Crippen molar-refractivity contribution in [3.8, 4) is 11.3 Å². The Bertz CT molecular complexity index is 609. The number of aromatic amines is 1. The Morgan fingerprint density at radius 1 is 1.41 bits per heavy atom. The van der Waals surface area contributed by atoms with Gasteiger partial charge in [-0.15, -0.1) is 0 Å². The molecule has 3 aromatic rings. The number of aryl methyl sites for hydroxylation is 1. The molecule has 3 rings (SSSR count). The number of nitrogens with one attached hydrogen (secondary N) is 1. The van der Waals surface area contributed by atoms with E-state index in [2.05, 4.69) is 20.3 Å². The molecule has 0 aliphatic rings. The summed E-state index contributed by atoms with van der Waals surface area (Å²) in [6.07, 6.45) is 5.56. The van der Waals surface area contributed by atoms with E-state index < -0.39 is 0 Å². The smallest absolute Gasteiger partial charge is 0.201 e. The van der Waals surface area contributed by atoms with Crippen LogP contribution in [0.25, 0.3) is 11.3 Å². The van der Waals surface area contributed by atoms with Crippen LogP contribution in [0.2, 0.25) is 0 Å². The molecule has 3 aromatic heterocycles. The van der Waals surface area contributed by atoms with E-state index in [4.69, 9.17) is 8.94 Å². The van der Waals surface area contributed by atoms with Crippen LogP contribution in [0.15, 0.2) is 33.7 Å². The Labute approximate surface area is 96.7 Å². The van der Waals surface area contributed by atoms with Gasteiger partial charge < -0.3 is 8.94 Å². The summed E-state index contributed by atoms with van der Waals surface area (Å²) >= 11 is 0. The average molecular weight is 230 g/mol. The van der Waals surface area contributed by atoms with E-state index >= 15 is 0 Å². The van der Waals surface area contributed by atoms with E-state index in [1.165, 1.54) is 0 Å². The standard InChI is InChI=1S/C11H10N4O2/c1-7-6-16-11(14-7)3-9-2-10(15-17-9)8-4-12-13-5-8/h2,4-6H,3H2,1H3,(H,12,13). The zero-order chi connectivity index (χ0) is 11.7. The summed E-state index contributed by atoms with van der Waals surface area (Å²) in [6, 6.07) is 1.85. The molecule has 6 heteroatoms. The first-order valence-corrected chi connectivity index (χ1v) is 5.17. The van der Waals surface area contributed by atoms with Crippen LogP contribution in [0.3, 0.4) is 0 Å². The lowest BCUT2D eigenvalue weighted by molar-refractivity contribution is 0.379. The predicted octanol–water partition coefficient (Wildman–Crippen LogP) is 1.95. The highest BCUT2D eigenvalue weighted by atomic mass is 16.5. The van der Waals surface area contributed by atoms with E-state index in [1.807, 2.05) is 13.0 Å². The summed E-state index contributed by atoms with van der Waals surface area (Å²) in [6.45, 7) is 1.88. The molecule has 0 aromatic carbocycles. The molecule has 0 atom stereocenters. The first-order valence-electron chi connectivity index (χ1n) is 5.17. The van der Waals surface area contributed by atoms with Crippen LogP contribution in [0.5, 0.6) is 0 Å². The predicted molar refractivity (Wildman–Crippen MR) is 58.1 cm³/mol. The molecule has 0 spiro atoms. The molecule has 86 valence electrons. The molecule has 0 bridgehead atoms. The van der Waals surface area contributed by atoms with Gasteiger partial charge in [0.15, 0.2) is 0 Å². The van der Waals surface area contributed by atoms with Gasteiger partial charge in [-0.05, 0) is 6.92 Å². The van der Waals surface area contributed by atoms with Crippen molar-refractivity contribution in [2.24, 2.45) is 0 Å². The maximum atomic E-state index is 5.25. The maximum Gasteiger partial charge on any atom is 0.201 e. The first-order chi connectivity index (χ1) is 8.31. The minimum Gasteiger partial charge on any atom is -0.448 e. The Kier molecular flexibility index (Phi) is 2.25. The van der Waals surface area contributed by atoms with Gasteiger partial charge >= 0.3 is 0 Å². The van der Waals surface area contributed by atoms with Gasteiger partial charge in [0.05, 0.1) is 18.3 Å². The van der Waals surface area contributed by atoms with E-state index in [1.54, 1.807) is 18.7 Å². The second kappa shape index (κ2) is 3.89. The van der Waals surface area contributed by atoms with Crippen LogP contribution in [0.1, 0.15) is 17.3 Å². The second-order valence-corrected chi connectivity index (χ2v) is 3.72. The Morgan fingerprint density at radius 3 is 3.06 bits per heavy atom. The van der Waals surface area contributed by atoms with E-state index in [-0.39, 0.29) is 0 Å². The molecule has 0 fully saturated rings. The fourth-order valence-electron chi connectivity index (χ4n) is 1.56. The molecular formula is C11H10N4O2.